The first-order valence-electron chi connectivity index (χ1n) is 6.73. The number of hydrogen-bond acceptors (Lipinski definition) is 3. The van der Waals surface area contributed by atoms with E-state index in [0.29, 0.717) is 23.6 Å². The van der Waals surface area contributed by atoms with E-state index in [0.717, 1.165) is 0 Å². The molecule has 0 aliphatic rings. The van der Waals surface area contributed by atoms with Gasteiger partial charge in [-0.3, -0.25) is 9.69 Å². The predicted molar refractivity (Wildman–Crippen MR) is 81.3 cm³/mol. The molecule has 0 fully saturated rings. The first kappa shape index (κ1) is 14.6. The van der Waals surface area contributed by atoms with E-state index in [9.17, 15) is 4.79 Å². The average molecular weight is 280 g/mol. The van der Waals surface area contributed by atoms with Gasteiger partial charge in [0.25, 0.3) is 5.91 Å². The first-order valence-corrected chi connectivity index (χ1v) is 6.73. The smallest absolute Gasteiger partial charge is 0.262 e. The largest absolute Gasteiger partial charge is 0.493 e. The number of nitrogens with zero attached hydrogens (tertiary/aromatic N) is 2. The Hall–Kier alpha value is -2.80. The average Bonchev–Trinajstić information content (AvgIpc) is 2.54. The summed E-state index contributed by atoms with van der Waals surface area (Å²) in [6.07, 6.45) is 0. The zero-order valence-corrected chi connectivity index (χ0v) is 11.8. The van der Waals surface area contributed by atoms with E-state index in [-0.39, 0.29) is 12.5 Å². The van der Waals surface area contributed by atoms with Crippen LogP contribution in [0, 0.1) is 11.3 Å². The molecular formula is C17H16N2O2. The number of carbonyl (C=O) groups excluding carboxylic acids is 1. The lowest BCUT2D eigenvalue weighted by Crippen LogP contribution is -2.31. The van der Waals surface area contributed by atoms with Crippen LogP contribution in [0.4, 0.5) is 5.69 Å². The van der Waals surface area contributed by atoms with Gasteiger partial charge in [0.1, 0.15) is 12.3 Å². The van der Waals surface area contributed by atoms with Crippen LogP contribution in [0.2, 0.25) is 0 Å². The summed E-state index contributed by atoms with van der Waals surface area (Å²) >= 11 is 0. The van der Waals surface area contributed by atoms with Crippen LogP contribution in [-0.2, 0) is 0 Å². The second kappa shape index (κ2) is 7.11. The maximum absolute atomic E-state index is 12.7. The van der Waals surface area contributed by atoms with Gasteiger partial charge in [-0.1, -0.05) is 30.3 Å². The zero-order chi connectivity index (χ0) is 15.1. The third-order valence-corrected chi connectivity index (χ3v) is 2.96. The Labute approximate surface area is 124 Å². The van der Waals surface area contributed by atoms with E-state index in [4.69, 9.17) is 10.00 Å². The van der Waals surface area contributed by atoms with Gasteiger partial charge in [-0.15, -0.1) is 0 Å². The van der Waals surface area contributed by atoms with Crippen LogP contribution < -0.4 is 9.64 Å². The van der Waals surface area contributed by atoms with Gasteiger partial charge >= 0.3 is 0 Å². The highest BCUT2D eigenvalue weighted by molar-refractivity contribution is 6.08. The van der Waals surface area contributed by atoms with Crippen LogP contribution in [0.15, 0.2) is 54.6 Å². The first-order chi connectivity index (χ1) is 10.3. The monoisotopic (exact) mass is 280 g/mol. The van der Waals surface area contributed by atoms with Crippen molar-refractivity contribution < 1.29 is 9.53 Å². The molecule has 2 aromatic carbocycles. The number of rotatable bonds is 5. The minimum atomic E-state index is -0.244. The van der Waals surface area contributed by atoms with Crippen molar-refractivity contribution in [1.82, 2.24) is 0 Å². The summed E-state index contributed by atoms with van der Waals surface area (Å²) in [6, 6.07) is 18.2. The van der Waals surface area contributed by atoms with Crippen LogP contribution in [0.5, 0.6) is 5.75 Å². The minimum Gasteiger partial charge on any atom is -0.493 e. The molecule has 0 atom stereocenters. The summed E-state index contributed by atoms with van der Waals surface area (Å²) in [4.78, 5) is 14.2. The van der Waals surface area contributed by atoms with Crippen molar-refractivity contribution in [3.8, 4) is 11.8 Å². The van der Waals surface area contributed by atoms with E-state index in [1.54, 1.807) is 30.3 Å². The van der Waals surface area contributed by atoms with Crippen molar-refractivity contribution in [3.05, 3.63) is 60.2 Å². The van der Waals surface area contributed by atoms with Crippen LogP contribution >= 0.6 is 0 Å². The normalized spacial score (nSPS) is 9.71. The highest BCUT2D eigenvalue weighted by Crippen LogP contribution is 2.23. The van der Waals surface area contributed by atoms with Crippen LogP contribution in [-0.4, -0.2) is 19.1 Å². The maximum atomic E-state index is 12.7. The molecule has 0 spiro atoms. The minimum absolute atomic E-state index is 0.0106. The SMILES string of the molecule is CCOc1ccccc1C(=O)N(CC#N)c1ccccc1. The molecule has 106 valence electrons. The molecule has 0 saturated carbocycles. The topological polar surface area (TPSA) is 53.3 Å². The molecule has 4 heteroatoms. The summed E-state index contributed by atoms with van der Waals surface area (Å²) < 4.78 is 5.49. The molecule has 0 saturated heterocycles. The Morgan fingerprint density at radius 3 is 2.48 bits per heavy atom. The van der Waals surface area contributed by atoms with Crippen molar-refractivity contribution in [2.24, 2.45) is 0 Å². The molecule has 0 radical (unpaired) electrons. The van der Waals surface area contributed by atoms with E-state index >= 15 is 0 Å². The van der Waals surface area contributed by atoms with Gasteiger partial charge in [0, 0.05) is 5.69 Å². The number of anilines is 1. The van der Waals surface area contributed by atoms with Gasteiger partial charge in [0.05, 0.1) is 18.2 Å². The van der Waals surface area contributed by atoms with Crippen molar-refractivity contribution in [2.75, 3.05) is 18.1 Å². The fourth-order valence-corrected chi connectivity index (χ4v) is 2.03. The lowest BCUT2D eigenvalue weighted by Gasteiger charge is -2.21. The molecule has 0 aliphatic heterocycles. The number of ether oxygens (including phenoxy) is 1. The second-order valence-electron chi connectivity index (χ2n) is 4.31. The second-order valence-corrected chi connectivity index (χ2v) is 4.31. The van der Waals surface area contributed by atoms with Gasteiger partial charge in [-0.25, -0.2) is 0 Å². The van der Waals surface area contributed by atoms with Crippen LogP contribution in [0.3, 0.4) is 0 Å². The summed E-state index contributed by atoms with van der Waals surface area (Å²) in [5.41, 5.74) is 1.15. The van der Waals surface area contributed by atoms with Gasteiger partial charge in [0.2, 0.25) is 0 Å². The molecule has 2 aromatic rings. The summed E-state index contributed by atoms with van der Waals surface area (Å²) in [5.74, 6) is 0.288. The lowest BCUT2D eigenvalue weighted by molar-refractivity contribution is 0.0986. The highest BCUT2D eigenvalue weighted by atomic mass is 16.5. The fourth-order valence-electron chi connectivity index (χ4n) is 2.03. The summed E-state index contributed by atoms with van der Waals surface area (Å²) in [5, 5.41) is 8.99. The highest BCUT2D eigenvalue weighted by Gasteiger charge is 2.20. The van der Waals surface area contributed by atoms with Crippen molar-refractivity contribution >= 4 is 11.6 Å². The summed E-state index contributed by atoms with van der Waals surface area (Å²) in [6.45, 7) is 2.34. The number of nitriles is 1. The van der Waals surface area contributed by atoms with E-state index in [1.807, 2.05) is 37.3 Å². The molecule has 2 rings (SSSR count). The Kier molecular flexibility index (Phi) is 4.94. The molecule has 21 heavy (non-hydrogen) atoms. The molecule has 0 aliphatic carbocycles. The Bertz CT molecular complexity index is 647. The zero-order valence-electron chi connectivity index (χ0n) is 11.8. The van der Waals surface area contributed by atoms with Gasteiger partial charge in [-0.05, 0) is 31.2 Å². The van der Waals surface area contributed by atoms with Crippen molar-refractivity contribution in [2.45, 2.75) is 6.92 Å². The number of carbonyl (C=O) groups is 1. The third-order valence-electron chi connectivity index (χ3n) is 2.96. The molecular weight excluding hydrogens is 264 g/mol. The molecule has 1 amide bonds. The molecule has 0 bridgehead atoms. The van der Waals surface area contributed by atoms with Crippen molar-refractivity contribution in [1.29, 1.82) is 5.26 Å². The predicted octanol–water partition coefficient (Wildman–Crippen LogP) is 3.26. The van der Waals surface area contributed by atoms with Gasteiger partial charge in [-0.2, -0.15) is 5.26 Å². The van der Waals surface area contributed by atoms with Gasteiger partial charge in [0.15, 0.2) is 0 Å². The van der Waals surface area contributed by atoms with Gasteiger partial charge < -0.3 is 4.74 Å². The fraction of sp³-hybridized carbons (Fsp3) is 0.176. The molecule has 0 aromatic heterocycles. The summed E-state index contributed by atoms with van der Waals surface area (Å²) in [7, 11) is 0. The Balaban J connectivity index is 2.38. The van der Waals surface area contributed by atoms with E-state index < -0.39 is 0 Å². The van der Waals surface area contributed by atoms with Crippen LogP contribution in [0.1, 0.15) is 17.3 Å². The third kappa shape index (κ3) is 3.40. The number of para-hydroxylation sites is 2. The van der Waals surface area contributed by atoms with Crippen molar-refractivity contribution in [3.63, 3.8) is 0 Å². The molecule has 0 N–H and O–H groups in total. The number of amides is 1. The van der Waals surface area contributed by atoms with E-state index in [1.165, 1.54) is 4.90 Å². The Morgan fingerprint density at radius 2 is 1.81 bits per heavy atom. The quantitative estimate of drug-likeness (QED) is 0.790. The Morgan fingerprint density at radius 1 is 1.14 bits per heavy atom. The maximum Gasteiger partial charge on any atom is 0.262 e. The number of benzene rings is 2. The van der Waals surface area contributed by atoms with Crippen LogP contribution in [0.25, 0.3) is 0 Å². The lowest BCUT2D eigenvalue weighted by atomic mass is 10.1. The standard InChI is InChI=1S/C17H16N2O2/c1-2-21-16-11-7-6-10-15(16)17(20)19(13-12-18)14-8-4-3-5-9-14/h3-11H,2,13H2,1H3. The number of hydrogen-bond donors (Lipinski definition) is 0. The molecule has 4 nitrogen and oxygen atoms in total. The molecule has 0 unspecified atom stereocenters. The van der Waals surface area contributed by atoms with E-state index in [2.05, 4.69) is 0 Å². The molecule has 0 heterocycles.